The Morgan fingerprint density at radius 3 is 2.79 bits per heavy atom. The number of thiazole rings is 1. The van der Waals surface area contributed by atoms with Crippen molar-refractivity contribution < 1.29 is 9.21 Å². The number of benzene rings is 1. The number of nitrogens with zero attached hydrogens (tertiary/aromatic N) is 3. The van der Waals surface area contributed by atoms with E-state index in [1.54, 1.807) is 17.0 Å². The molecule has 0 saturated carbocycles. The quantitative estimate of drug-likeness (QED) is 0.638. The molecule has 0 radical (unpaired) electrons. The smallest absolute Gasteiger partial charge is 0.349 e. The molecule has 0 atom stereocenters. The fraction of sp³-hybridized carbons (Fsp3) is 0.381. The molecule has 0 unspecified atom stereocenters. The number of aromatic nitrogens is 1. The van der Waals surface area contributed by atoms with Gasteiger partial charge in [0.05, 0.1) is 12.2 Å². The molecular weight excluding hydrogens is 374 g/mol. The third-order valence-electron chi connectivity index (χ3n) is 5.53. The zero-order valence-electron chi connectivity index (χ0n) is 15.5. The summed E-state index contributed by atoms with van der Waals surface area (Å²) in [5, 5.41) is 1.94. The van der Waals surface area contributed by atoms with Gasteiger partial charge in [-0.1, -0.05) is 18.2 Å². The first kappa shape index (κ1) is 17.6. The van der Waals surface area contributed by atoms with Crippen molar-refractivity contribution in [1.82, 2.24) is 14.8 Å². The molecule has 1 aromatic carbocycles. The van der Waals surface area contributed by atoms with Gasteiger partial charge in [-0.25, -0.2) is 9.78 Å². The third-order valence-corrected chi connectivity index (χ3v) is 6.67. The highest BCUT2D eigenvalue weighted by Crippen LogP contribution is 2.28. The van der Waals surface area contributed by atoms with Crippen LogP contribution in [0, 0.1) is 0 Å². The molecule has 2 aliphatic rings. The summed E-state index contributed by atoms with van der Waals surface area (Å²) in [5.41, 5.74) is 1.34. The Bertz CT molecular complexity index is 1070. The molecule has 7 heteroatoms. The third kappa shape index (κ3) is 3.25. The largest absolute Gasteiger partial charge is 0.422 e. The summed E-state index contributed by atoms with van der Waals surface area (Å²) in [7, 11) is 0. The monoisotopic (exact) mass is 395 g/mol. The van der Waals surface area contributed by atoms with Crippen molar-refractivity contribution >= 4 is 28.2 Å². The summed E-state index contributed by atoms with van der Waals surface area (Å²) in [6, 6.07) is 8.90. The van der Waals surface area contributed by atoms with Crippen molar-refractivity contribution in [3.63, 3.8) is 0 Å². The van der Waals surface area contributed by atoms with Gasteiger partial charge < -0.3 is 9.32 Å². The predicted octanol–water partition coefficient (Wildman–Crippen LogP) is 2.70. The van der Waals surface area contributed by atoms with Crippen molar-refractivity contribution in [2.45, 2.75) is 25.8 Å². The van der Waals surface area contributed by atoms with E-state index in [0.29, 0.717) is 18.7 Å². The van der Waals surface area contributed by atoms with E-state index >= 15 is 0 Å². The summed E-state index contributed by atoms with van der Waals surface area (Å²) >= 11 is 1.84. The Kier molecular flexibility index (Phi) is 4.49. The van der Waals surface area contributed by atoms with Gasteiger partial charge in [0.1, 0.15) is 16.2 Å². The zero-order valence-corrected chi connectivity index (χ0v) is 16.3. The van der Waals surface area contributed by atoms with Crippen molar-refractivity contribution in [2.75, 3.05) is 26.2 Å². The number of hydrogen-bond donors (Lipinski definition) is 0. The summed E-state index contributed by atoms with van der Waals surface area (Å²) in [6.45, 7) is 3.63. The molecule has 1 amide bonds. The Morgan fingerprint density at radius 1 is 1.14 bits per heavy atom. The lowest BCUT2D eigenvalue weighted by Crippen LogP contribution is -2.49. The summed E-state index contributed by atoms with van der Waals surface area (Å²) in [4.78, 5) is 35.4. The topological polar surface area (TPSA) is 66.7 Å². The number of carbonyl (C=O) groups excluding carboxylic acids is 1. The van der Waals surface area contributed by atoms with Crippen molar-refractivity contribution in [3.05, 3.63) is 61.9 Å². The Labute approximate surface area is 166 Å². The molecule has 3 aromatic rings. The number of aryl methyl sites for hydroxylation is 2. The van der Waals surface area contributed by atoms with Gasteiger partial charge in [0.15, 0.2) is 0 Å². The normalized spacial score (nSPS) is 17.2. The maximum absolute atomic E-state index is 12.9. The van der Waals surface area contributed by atoms with Crippen LogP contribution in [-0.4, -0.2) is 46.9 Å². The summed E-state index contributed by atoms with van der Waals surface area (Å²) in [5.74, 6) is -0.243. The van der Waals surface area contributed by atoms with Gasteiger partial charge in [0.2, 0.25) is 0 Å². The van der Waals surface area contributed by atoms with Gasteiger partial charge in [-0.15, -0.1) is 11.3 Å². The van der Waals surface area contributed by atoms with E-state index in [9.17, 15) is 9.59 Å². The number of amides is 1. The minimum atomic E-state index is -0.566. The van der Waals surface area contributed by atoms with E-state index in [1.165, 1.54) is 28.4 Å². The standard InChI is InChI=1S/C21H21N3O3S/c25-20(15-12-14-4-1-2-6-17(14)27-21(15)26)24-10-8-23(9-11-24)13-19-22-16-5-3-7-18(16)28-19/h1-2,4,6,12H,3,5,7-11,13H2. The van der Waals surface area contributed by atoms with Gasteiger partial charge in [-0.05, 0) is 31.4 Å². The molecule has 1 saturated heterocycles. The molecule has 3 heterocycles. The highest BCUT2D eigenvalue weighted by Gasteiger charge is 2.26. The van der Waals surface area contributed by atoms with Gasteiger partial charge in [0.25, 0.3) is 5.91 Å². The molecule has 1 aliphatic heterocycles. The molecule has 2 aromatic heterocycles. The van der Waals surface area contributed by atoms with Gasteiger partial charge in [0, 0.05) is 36.4 Å². The van der Waals surface area contributed by atoms with Gasteiger partial charge >= 0.3 is 5.63 Å². The fourth-order valence-corrected chi connectivity index (χ4v) is 5.19. The zero-order chi connectivity index (χ0) is 19.1. The lowest BCUT2D eigenvalue weighted by atomic mass is 10.1. The highest BCUT2D eigenvalue weighted by molar-refractivity contribution is 7.11. The molecule has 0 spiro atoms. The lowest BCUT2D eigenvalue weighted by Gasteiger charge is -2.34. The van der Waals surface area contributed by atoms with Crippen molar-refractivity contribution in [1.29, 1.82) is 0 Å². The lowest BCUT2D eigenvalue weighted by molar-refractivity contribution is 0.0624. The molecule has 0 bridgehead atoms. The van der Waals surface area contributed by atoms with Gasteiger partial charge in [-0.2, -0.15) is 0 Å². The molecule has 5 rings (SSSR count). The first-order valence-corrected chi connectivity index (χ1v) is 10.5. The van der Waals surface area contributed by atoms with Crippen LogP contribution in [0.2, 0.25) is 0 Å². The number of para-hydroxylation sites is 1. The number of fused-ring (bicyclic) bond motifs is 2. The van der Waals surface area contributed by atoms with Crippen LogP contribution in [0.3, 0.4) is 0 Å². The second-order valence-corrected chi connectivity index (χ2v) is 8.55. The number of piperazine rings is 1. The predicted molar refractivity (Wildman–Crippen MR) is 108 cm³/mol. The number of hydrogen-bond acceptors (Lipinski definition) is 6. The van der Waals surface area contributed by atoms with Crippen LogP contribution < -0.4 is 5.63 Å². The molecular formula is C21H21N3O3S. The van der Waals surface area contributed by atoms with Crippen molar-refractivity contribution in [3.8, 4) is 0 Å². The van der Waals surface area contributed by atoms with Crippen LogP contribution in [0.15, 0.2) is 39.5 Å². The fourth-order valence-electron chi connectivity index (χ4n) is 3.99. The average Bonchev–Trinajstić information content (AvgIpc) is 3.29. The van der Waals surface area contributed by atoms with Crippen LogP contribution in [0.5, 0.6) is 0 Å². The molecule has 6 nitrogen and oxygen atoms in total. The SMILES string of the molecule is O=C(c1cc2ccccc2oc1=O)N1CCN(Cc2nc3c(s2)CCC3)CC1. The summed E-state index contributed by atoms with van der Waals surface area (Å²) < 4.78 is 5.31. The highest BCUT2D eigenvalue weighted by atomic mass is 32.1. The maximum atomic E-state index is 12.9. The Hall–Kier alpha value is -2.51. The van der Waals surface area contributed by atoms with Crippen LogP contribution in [0.1, 0.15) is 32.4 Å². The maximum Gasteiger partial charge on any atom is 0.349 e. The minimum Gasteiger partial charge on any atom is -0.422 e. The summed E-state index contributed by atoms with van der Waals surface area (Å²) in [6.07, 6.45) is 3.52. The first-order chi connectivity index (χ1) is 13.7. The van der Waals surface area contributed by atoms with Crippen LogP contribution in [-0.2, 0) is 19.4 Å². The number of carbonyl (C=O) groups is 1. The van der Waals surface area contributed by atoms with Crippen LogP contribution in [0.4, 0.5) is 0 Å². The van der Waals surface area contributed by atoms with E-state index in [4.69, 9.17) is 9.40 Å². The van der Waals surface area contributed by atoms with E-state index in [2.05, 4.69) is 4.90 Å². The average molecular weight is 395 g/mol. The van der Waals surface area contributed by atoms with E-state index in [-0.39, 0.29) is 11.5 Å². The second-order valence-electron chi connectivity index (χ2n) is 7.38. The molecule has 28 heavy (non-hydrogen) atoms. The molecule has 1 fully saturated rings. The first-order valence-electron chi connectivity index (χ1n) is 9.69. The van der Waals surface area contributed by atoms with E-state index < -0.39 is 5.63 Å². The minimum absolute atomic E-state index is 0.114. The Morgan fingerprint density at radius 2 is 1.96 bits per heavy atom. The van der Waals surface area contributed by atoms with E-state index in [1.807, 2.05) is 29.5 Å². The van der Waals surface area contributed by atoms with Crippen LogP contribution >= 0.6 is 11.3 Å². The van der Waals surface area contributed by atoms with Gasteiger partial charge in [-0.3, -0.25) is 9.69 Å². The Balaban J connectivity index is 1.25. The number of rotatable bonds is 3. The molecule has 0 N–H and O–H groups in total. The molecule has 1 aliphatic carbocycles. The van der Waals surface area contributed by atoms with E-state index in [0.717, 1.165) is 31.4 Å². The molecule has 144 valence electrons. The van der Waals surface area contributed by atoms with Crippen LogP contribution in [0.25, 0.3) is 11.0 Å². The van der Waals surface area contributed by atoms with Crippen molar-refractivity contribution in [2.24, 2.45) is 0 Å². The second kappa shape index (κ2) is 7.14.